The summed E-state index contributed by atoms with van der Waals surface area (Å²) in [5.74, 6) is -6.54. The smallest absolute Gasteiger partial charge is 0.482 e. The number of alkyl halides is 6. The van der Waals surface area contributed by atoms with Gasteiger partial charge in [0, 0.05) is 80.7 Å². The molecule has 5 aromatic carbocycles. The van der Waals surface area contributed by atoms with Crippen LogP contribution in [0.15, 0.2) is 128 Å². The number of ether oxygens (including phenoxy) is 2. The van der Waals surface area contributed by atoms with Crippen LogP contribution in [0, 0.1) is 59.1 Å². The Labute approximate surface area is 560 Å². The van der Waals surface area contributed by atoms with Crippen molar-refractivity contribution in [1.29, 1.82) is 10.5 Å². The fourth-order valence-electron chi connectivity index (χ4n) is 12.4. The molecule has 0 amide bonds. The van der Waals surface area contributed by atoms with Crippen LogP contribution >= 0.6 is 45.3 Å². The van der Waals surface area contributed by atoms with Crippen LogP contribution in [0.3, 0.4) is 0 Å². The van der Waals surface area contributed by atoms with E-state index < -0.39 is 80.9 Å². The average molecular weight is 1400 g/mol. The van der Waals surface area contributed by atoms with Gasteiger partial charge in [0.2, 0.25) is 0 Å². The molecule has 2 aliphatic carbocycles. The van der Waals surface area contributed by atoms with Crippen LogP contribution in [0.25, 0.3) is 107 Å². The van der Waals surface area contributed by atoms with E-state index >= 15 is 0 Å². The molecule has 0 saturated heterocycles. The lowest BCUT2D eigenvalue weighted by atomic mass is 9.92. The van der Waals surface area contributed by atoms with Gasteiger partial charge in [0.1, 0.15) is 76.0 Å². The number of nitrogens with zero attached hydrogens (tertiary/aromatic N) is 8. The predicted octanol–water partition coefficient (Wildman–Crippen LogP) is 21.3. The van der Waals surface area contributed by atoms with Crippen LogP contribution in [0.1, 0.15) is 91.5 Å². The minimum atomic E-state index is -4.76. The number of hydrogen-bond donors (Lipinski definition) is 0. The third-order valence-corrected chi connectivity index (χ3v) is 22.1. The van der Waals surface area contributed by atoms with Crippen molar-refractivity contribution < 1.29 is 63.0 Å². The highest BCUT2D eigenvalue weighted by molar-refractivity contribution is 7.58. The number of carbonyl (C=O) groups is 2. The van der Waals surface area contributed by atoms with Crippen molar-refractivity contribution in [2.45, 2.75) is 51.2 Å². The summed E-state index contributed by atoms with van der Waals surface area (Å²) in [6.07, 6.45) is -6.69. The summed E-state index contributed by atoms with van der Waals surface area (Å²) < 4.78 is 168. The molecule has 0 unspecified atom stereocenters. The second-order valence-corrected chi connectivity index (χ2v) is 28.2. The highest BCUT2D eigenvalue weighted by Gasteiger charge is 2.44. The number of ketones is 2. The summed E-state index contributed by atoms with van der Waals surface area (Å²) in [5, 5.41) is 20.0. The molecule has 0 spiro atoms. The second kappa shape index (κ2) is 21.9. The van der Waals surface area contributed by atoms with E-state index in [9.17, 15) is 64.0 Å². The molecule has 8 heterocycles. The zero-order valence-electron chi connectivity index (χ0n) is 49.4. The monoisotopic (exact) mass is 1400 g/mol. The molecule has 97 heavy (non-hydrogen) atoms. The number of aromatic nitrogens is 2. The zero-order chi connectivity index (χ0) is 68.4. The maximum atomic E-state index is 14.8. The zero-order valence-corrected chi connectivity index (χ0v) is 53.5. The topological polar surface area (TPSA) is 159 Å². The molecule has 10 aromatic rings. The van der Waals surface area contributed by atoms with Gasteiger partial charge in [0.25, 0.3) is 0 Å². The summed E-state index contributed by atoms with van der Waals surface area (Å²) in [6, 6.07) is 21.6. The third-order valence-electron chi connectivity index (χ3n) is 16.8. The molecule has 15 rings (SSSR count). The fraction of sp³-hybridized carbons (Fsp3) is 0.114. The normalized spacial score (nSPS) is 15.9. The van der Waals surface area contributed by atoms with E-state index in [4.69, 9.17) is 41.3 Å². The molecule has 27 heteroatoms. The van der Waals surface area contributed by atoms with Gasteiger partial charge in [-0.2, -0.15) is 55.3 Å². The Morgan fingerprint density at radius 2 is 0.918 bits per heavy atom. The van der Waals surface area contributed by atoms with E-state index in [-0.39, 0.29) is 89.5 Å². The number of Topliss-reactive ketones (excluding diaryl/α,β-unsaturated/α-hetero) is 2. The number of halogens is 10. The van der Waals surface area contributed by atoms with Crippen molar-refractivity contribution in [3.8, 4) is 86.5 Å². The minimum Gasteiger partial charge on any atom is -0.482 e. The Hall–Kier alpha value is -10.8. The number of carbonyl (C=O) groups excluding carboxylic acids is 2. The van der Waals surface area contributed by atoms with Gasteiger partial charge in [-0.05, 0) is 124 Å². The summed E-state index contributed by atoms with van der Waals surface area (Å²) in [7, 11) is 0. The third kappa shape index (κ3) is 9.81. The van der Waals surface area contributed by atoms with Gasteiger partial charge in [0.15, 0.2) is 34.8 Å². The lowest BCUT2D eigenvalue weighted by Gasteiger charge is -2.31. The van der Waals surface area contributed by atoms with Crippen molar-refractivity contribution in [3.05, 3.63) is 220 Å². The van der Waals surface area contributed by atoms with Crippen LogP contribution in [-0.2, 0) is 34.9 Å². The maximum Gasteiger partial charge on any atom is 0.528 e. The largest absolute Gasteiger partial charge is 0.528 e. The quantitative estimate of drug-likeness (QED) is 0.0688. The van der Waals surface area contributed by atoms with Gasteiger partial charge in [-0.1, -0.05) is 24.3 Å². The second-order valence-electron chi connectivity index (χ2n) is 23.4. The number of allylic oxidation sites excluding steroid dienone is 5. The Morgan fingerprint density at radius 1 is 0.536 bits per heavy atom. The molecule has 0 bridgehead atoms. The van der Waals surface area contributed by atoms with Gasteiger partial charge in [0.05, 0.1) is 59.0 Å². The summed E-state index contributed by atoms with van der Waals surface area (Å²) in [5.41, 5.74) is -3.21. The molecule has 474 valence electrons. The van der Waals surface area contributed by atoms with E-state index in [2.05, 4.69) is 9.69 Å². The maximum absolute atomic E-state index is 14.8. The van der Waals surface area contributed by atoms with Crippen LogP contribution in [-0.4, -0.2) is 21.5 Å². The first kappa shape index (κ1) is 62.3. The molecule has 3 aliphatic heterocycles. The number of nitriles is 2. The van der Waals surface area contributed by atoms with Gasteiger partial charge >= 0.3 is 18.2 Å². The van der Waals surface area contributed by atoms with Crippen molar-refractivity contribution in [2.24, 2.45) is 8.73 Å². The Kier molecular flexibility index (Phi) is 14.1. The van der Waals surface area contributed by atoms with Gasteiger partial charge in [-0.15, -0.1) is 45.3 Å². The van der Waals surface area contributed by atoms with Crippen molar-refractivity contribution in [1.82, 2.24) is 9.97 Å². The Morgan fingerprint density at radius 3 is 1.30 bits per heavy atom. The highest BCUT2D eigenvalue weighted by atomic mass is 32.1. The predicted molar refractivity (Wildman–Crippen MR) is 348 cm³/mol. The SMILES string of the molecule is [C-]#[N+]C([N+]#[C-])=C1/C(=C/c2cc3c(s2)-c2sc(-c4c5c(c(-c6cc7c(s6)-c6sc(/C=C8\C(=O)c9cc(F)c(F)cc9C8=C(C#N)C#N)cc6OC7(C)C)c6nc(-c7ccc(C(F)(F)F)cc7)c(-c7ccc(C(F)(F)F)cc7)nc46)N=S=N5)cc2C(C)(C)O3)C(=O)c2cc(F)c(F)cc21. The van der Waals surface area contributed by atoms with Crippen LogP contribution in [0.5, 0.6) is 11.5 Å². The van der Waals surface area contributed by atoms with Crippen LogP contribution in [0.2, 0.25) is 0 Å². The Balaban J connectivity index is 0.947. The first-order valence-electron chi connectivity index (χ1n) is 28.5. The lowest BCUT2D eigenvalue weighted by Crippen LogP contribution is -2.27. The lowest BCUT2D eigenvalue weighted by molar-refractivity contribution is -0.138. The van der Waals surface area contributed by atoms with Gasteiger partial charge in [-0.25, -0.2) is 27.5 Å². The Bertz CT molecular complexity index is 5370. The van der Waals surface area contributed by atoms with Crippen LogP contribution < -0.4 is 9.47 Å². The van der Waals surface area contributed by atoms with Crippen LogP contribution in [0.4, 0.5) is 55.3 Å². The van der Waals surface area contributed by atoms with E-state index in [1.165, 1.54) is 70.4 Å². The molecule has 0 atom stereocenters. The van der Waals surface area contributed by atoms with Crippen molar-refractivity contribution in [2.75, 3.05) is 0 Å². The summed E-state index contributed by atoms with van der Waals surface area (Å²) >= 11 is 5.72. The first-order valence-corrected chi connectivity index (χ1v) is 32.5. The highest BCUT2D eigenvalue weighted by Crippen LogP contribution is 2.62. The van der Waals surface area contributed by atoms with E-state index in [1.54, 1.807) is 24.3 Å². The van der Waals surface area contributed by atoms with E-state index in [0.717, 1.165) is 65.2 Å². The average Bonchev–Trinajstić information content (AvgIpc) is 1.62. The summed E-state index contributed by atoms with van der Waals surface area (Å²) in [4.78, 5) is 49.6. The first-order chi connectivity index (χ1) is 46.1. The van der Waals surface area contributed by atoms with E-state index in [1.807, 2.05) is 39.8 Å². The standard InChI is InChI=1S/C70H30F10N8O4S5/c1-67(2)40-23-48(95-62(40)64-46(91-67)17-32(93-64)15-38-50(29(25-81)26-82)34-19-42(71)44(73)21-36(34)60(38)89)52-56-57(86-55(28-9-13-31(14-10-28)70(78,79)80)54(85-56)27-7-11-30(12-8-27)69(75,76)77)53(59-58(52)87-97-88-59)49-24-41-63(96-49)65-47(92-68(41,3)4)18-33(94-65)16-39-51(66(83-5)84-6)35-20-43(72)45(74)22-37(35)61(39)90/h7-24H,1-4H3/b38-15-,39-16-. The van der Waals surface area contributed by atoms with Gasteiger partial charge in [-0.3, -0.25) is 9.59 Å². The fourth-order valence-corrected chi connectivity index (χ4v) is 18.0. The van der Waals surface area contributed by atoms with Gasteiger partial charge < -0.3 is 9.47 Å². The summed E-state index contributed by atoms with van der Waals surface area (Å²) in [6.45, 7) is 22.8. The molecular weight excluding hydrogens is 1370 g/mol. The number of hydrogen-bond acceptors (Lipinski definition) is 14. The molecule has 5 aliphatic rings. The molecule has 0 fully saturated rings. The number of thiophene rings is 4. The molecule has 5 aromatic heterocycles. The van der Waals surface area contributed by atoms with Crippen molar-refractivity contribution in [3.63, 3.8) is 0 Å². The van der Waals surface area contributed by atoms with E-state index in [0.29, 0.717) is 78.8 Å². The molecule has 0 radical (unpaired) electrons. The van der Waals surface area contributed by atoms with Crippen molar-refractivity contribution >= 4 is 114 Å². The number of fused-ring (bicyclic) bond motifs is 10. The molecular formula is C70H30F10N8O4S5. The molecule has 0 saturated carbocycles. The number of benzene rings is 5. The number of rotatable bonds is 6. The molecule has 12 nitrogen and oxygen atoms in total. The molecule has 0 N–H and O–H groups in total. The minimum absolute atomic E-state index is 0.0281.